The molecule has 0 aliphatic carbocycles. The number of aryl methyl sites for hydroxylation is 1. The first kappa shape index (κ1) is 16.0. The summed E-state index contributed by atoms with van der Waals surface area (Å²) in [6.45, 7) is 3.45. The Hall–Kier alpha value is -2.47. The molecule has 1 amide bonds. The van der Waals surface area contributed by atoms with E-state index in [1.54, 1.807) is 11.3 Å². The van der Waals surface area contributed by atoms with Crippen molar-refractivity contribution in [2.45, 2.75) is 25.7 Å². The third-order valence-corrected chi connectivity index (χ3v) is 5.46. The van der Waals surface area contributed by atoms with Gasteiger partial charge in [-0.3, -0.25) is 4.79 Å². The van der Waals surface area contributed by atoms with Crippen LogP contribution in [-0.4, -0.2) is 34.1 Å². The van der Waals surface area contributed by atoms with E-state index in [1.165, 1.54) is 4.88 Å². The Morgan fingerprint density at radius 3 is 2.80 bits per heavy atom. The molecule has 1 atom stereocenters. The lowest BCUT2D eigenvalue weighted by Gasteiger charge is -2.31. The Balaban J connectivity index is 1.50. The van der Waals surface area contributed by atoms with E-state index in [9.17, 15) is 4.79 Å². The molecule has 1 aromatic carbocycles. The number of carbonyl (C=O) groups is 1. The summed E-state index contributed by atoms with van der Waals surface area (Å²) < 4.78 is 5.91. The van der Waals surface area contributed by atoms with Gasteiger partial charge >= 0.3 is 0 Å². The van der Waals surface area contributed by atoms with Gasteiger partial charge in [0.2, 0.25) is 5.89 Å². The second-order valence-corrected chi connectivity index (χ2v) is 7.60. The van der Waals surface area contributed by atoms with E-state index in [2.05, 4.69) is 17.1 Å². The normalized spacial score (nSPS) is 17.6. The highest BCUT2D eigenvalue weighted by Crippen LogP contribution is 2.31. The lowest BCUT2D eigenvalue weighted by Crippen LogP contribution is -2.39. The van der Waals surface area contributed by atoms with Gasteiger partial charge in [0.25, 0.3) is 11.8 Å². The average molecular weight is 353 g/mol. The van der Waals surface area contributed by atoms with E-state index in [0.29, 0.717) is 18.3 Å². The van der Waals surface area contributed by atoms with Crippen molar-refractivity contribution in [2.24, 2.45) is 0 Å². The van der Waals surface area contributed by atoms with Crippen LogP contribution in [0.15, 0.2) is 46.9 Å². The molecule has 0 unspecified atom stereocenters. The van der Waals surface area contributed by atoms with Crippen LogP contribution < -0.4 is 0 Å². The first-order valence-corrected chi connectivity index (χ1v) is 9.27. The van der Waals surface area contributed by atoms with Crippen LogP contribution in [0.1, 0.15) is 39.9 Å². The quantitative estimate of drug-likeness (QED) is 0.710. The smallest absolute Gasteiger partial charge is 0.257 e. The summed E-state index contributed by atoms with van der Waals surface area (Å²) in [4.78, 5) is 16.8. The van der Waals surface area contributed by atoms with Crippen LogP contribution in [0, 0.1) is 6.92 Å². The number of aromatic nitrogens is 2. The van der Waals surface area contributed by atoms with Gasteiger partial charge in [0, 0.05) is 23.5 Å². The number of amides is 1. The van der Waals surface area contributed by atoms with Crippen LogP contribution in [-0.2, 0) is 0 Å². The largest absolute Gasteiger partial charge is 0.420 e. The Labute approximate surface area is 150 Å². The van der Waals surface area contributed by atoms with Crippen molar-refractivity contribution in [2.75, 3.05) is 13.1 Å². The molecule has 1 aliphatic rings. The molecule has 1 aliphatic heterocycles. The highest BCUT2D eigenvalue weighted by molar-refractivity contribution is 7.15. The fourth-order valence-corrected chi connectivity index (χ4v) is 3.96. The zero-order valence-corrected chi connectivity index (χ0v) is 14.8. The number of nitrogens with zero attached hydrogens (tertiary/aromatic N) is 3. The van der Waals surface area contributed by atoms with Gasteiger partial charge in [-0.15, -0.1) is 21.5 Å². The van der Waals surface area contributed by atoms with Crippen molar-refractivity contribution >= 4 is 17.2 Å². The Bertz CT molecular complexity index is 872. The van der Waals surface area contributed by atoms with Gasteiger partial charge in [0.05, 0.1) is 10.8 Å². The Morgan fingerprint density at radius 1 is 1.20 bits per heavy atom. The van der Waals surface area contributed by atoms with E-state index in [-0.39, 0.29) is 11.8 Å². The summed E-state index contributed by atoms with van der Waals surface area (Å²) in [7, 11) is 0. The Kier molecular flexibility index (Phi) is 4.36. The second-order valence-electron chi connectivity index (χ2n) is 6.31. The van der Waals surface area contributed by atoms with Gasteiger partial charge in [-0.1, -0.05) is 18.2 Å². The number of carbonyl (C=O) groups excluding carboxylic acids is 1. The number of likely N-dealkylation sites (tertiary alicyclic amines) is 1. The van der Waals surface area contributed by atoms with Crippen LogP contribution in [0.3, 0.4) is 0 Å². The van der Waals surface area contributed by atoms with Crippen LogP contribution in [0.5, 0.6) is 0 Å². The van der Waals surface area contributed by atoms with Gasteiger partial charge in [0.15, 0.2) is 0 Å². The van der Waals surface area contributed by atoms with Crippen molar-refractivity contribution < 1.29 is 9.21 Å². The summed E-state index contributed by atoms with van der Waals surface area (Å²) in [5, 5.41) is 8.44. The molecule has 3 heterocycles. The summed E-state index contributed by atoms with van der Waals surface area (Å²) in [6, 6.07) is 13.5. The second kappa shape index (κ2) is 6.80. The third kappa shape index (κ3) is 3.35. The number of benzene rings is 1. The molecule has 2 aromatic heterocycles. The van der Waals surface area contributed by atoms with Crippen molar-refractivity contribution in [3.63, 3.8) is 0 Å². The van der Waals surface area contributed by atoms with Crippen LogP contribution >= 0.6 is 11.3 Å². The fraction of sp³-hybridized carbons (Fsp3) is 0.316. The third-order valence-electron chi connectivity index (χ3n) is 4.47. The molecule has 25 heavy (non-hydrogen) atoms. The number of piperidine rings is 1. The molecule has 5 nitrogen and oxygen atoms in total. The van der Waals surface area contributed by atoms with E-state index in [4.69, 9.17) is 4.42 Å². The molecule has 6 heteroatoms. The molecule has 4 rings (SSSR count). The predicted octanol–water partition coefficient (Wildman–Crippen LogP) is 4.13. The molecule has 0 bridgehead atoms. The molecule has 0 radical (unpaired) electrons. The van der Waals surface area contributed by atoms with Crippen molar-refractivity contribution in [1.82, 2.24) is 15.1 Å². The minimum atomic E-state index is 0.0684. The molecule has 3 aromatic rings. The standard InChI is InChI=1S/C19H19N3O2S/c1-13-9-10-16(25-13)18-21-20-17(24-18)15-8-5-11-22(12-15)19(23)14-6-3-2-4-7-14/h2-4,6-7,9-10,15H,5,8,11-12H2,1H3/t15-/m0/s1. The number of thiophene rings is 1. The maximum Gasteiger partial charge on any atom is 0.257 e. The lowest BCUT2D eigenvalue weighted by molar-refractivity contribution is 0.0698. The number of hydrogen-bond acceptors (Lipinski definition) is 5. The monoisotopic (exact) mass is 353 g/mol. The minimum absolute atomic E-state index is 0.0684. The summed E-state index contributed by atoms with van der Waals surface area (Å²) in [5.74, 6) is 1.37. The fourth-order valence-electron chi connectivity index (χ4n) is 3.18. The summed E-state index contributed by atoms with van der Waals surface area (Å²) in [6.07, 6.45) is 1.91. The van der Waals surface area contributed by atoms with E-state index >= 15 is 0 Å². The zero-order valence-electron chi connectivity index (χ0n) is 14.0. The number of hydrogen-bond donors (Lipinski definition) is 0. The van der Waals surface area contributed by atoms with Gasteiger partial charge in [0.1, 0.15) is 0 Å². The van der Waals surface area contributed by atoms with E-state index < -0.39 is 0 Å². The lowest BCUT2D eigenvalue weighted by atomic mass is 9.97. The SMILES string of the molecule is Cc1ccc(-c2nnc([C@H]3CCCN(C(=O)c4ccccc4)C3)o2)s1. The van der Waals surface area contributed by atoms with E-state index in [1.807, 2.05) is 47.4 Å². The van der Waals surface area contributed by atoms with Crippen molar-refractivity contribution in [3.8, 4) is 10.8 Å². The highest BCUT2D eigenvalue weighted by atomic mass is 32.1. The maximum absolute atomic E-state index is 12.7. The first-order chi connectivity index (χ1) is 12.2. The van der Waals surface area contributed by atoms with Gasteiger partial charge in [-0.25, -0.2) is 0 Å². The molecular formula is C19H19N3O2S. The van der Waals surface area contributed by atoms with Gasteiger partial charge in [-0.2, -0.15) is 0 Å². The topological polar surface area (TPSA) is 59.2 Å². The molecule has 1 fully saturated rings. The predicted molar refractivity (Wildman–Crippen MR) is 96.7 cm³/mol. The van der Waals surface area contributed by atoms with E-state index in [0.717, 1.165) is 29.8 Å². The van der Waals surface area contributed by atoms with Crippen molar-refractivity contribution in [3.05, 3.63) is 58.8 Å². The number of rotatable bonds is 3. The molecule has 128 valence electrons. The van der Waals surface area contributed by atoms with Gasteiger partial charge in [-0.05, 0) is 44.0 Å². The van der Waals surface area contributed by atoms with Crippen LogP contribution in [0.4, 0.5) is 0 Å². The average Bonchev–Trinajstić information content (AvgIpc) is 3.31. The first-order valence-electron chi connectivity index (χ1n) is 8.45. The van der Waals surface area contributed by atoms with Crippen LogP contribution in [0.2, 0.25) is 0 Å². The highest BCUT2D eigenvalue weighted by Gasteiger charge is 2.29. The zero-order chi connectivity index (χ0) is 17.2. The molecule has 0 spiro atoms. The van der Waals surface area contributed by atoms with Crippen LogP contribution in [0.25, 0.3) is 10.8 Å². The Morgan fingerprint density at radius 2 is 2.04 bits per heavy atom. The minimum Gasteiger partial charge on any atom is -0.420 e. The molecule has 0 saturated carbocycles. The molecule has 1 saturated heterocycles. The van der Waals surface area contributed by atoms with Gasteiger partial charge < -0.3 is 9.32 Å². The molecule has 0 N–H and O–H groups in total. The summed E-state index contributed by atoms with van der Waals surface area (Å²) >= 11 is 1.64. The maximum atomic E-state index is 12.7. The molecular weight excluding hydrogens is 334 g/mol. The summed E-state index contributed by atoms with van der Waals surface area (Å²) in [5.41, 5.74) is 0.725. The van der Waals surface area contributed by atoms with Crippen molar-refractivity contribution in [1.29, 1.82) is 0 Å².